The monoisotopic (exact) mass is 371 g/mol. The van der Waals surface area contributed by atoms with Gasteiger partial charge in [0, 0.05) is 12.1 Å². The van der Waals surface area contributed by atoms with Crippen molar-refractivity contribution in [1.29, 1.82) is 0 Å². The molecule has 0 bridgehead atoms. The SMILES string of the molecule is COC(Cn1cncn1)(c1ccc(Oc2ccc(Cl)cc2)cc1)C(C)C. The van der Waals surface area contributed by atoms with Crippen molar-refractivity contribution in [2.45, 2.75) is 26.0 Å². The molecule has 0 aliphatic heterocycles. The second-order valence-electron chi connectivity index (χ2n) is 6.42. The summed E-state index contributed by atoms with van der Waals surface area (Å²) in [6.07, 6.45) is 3.23. The van der Waals surface area contributed by atoms with Gasteiger partial charge < -0.3 is 9.47 Å². The Labute approximate surface area is 158 Å². The molecule has 136 valence electrons. The molecule has 0 N–H and O–H groups in total. The molecule has 3 rings (SSSR count). The van der Waals surface area contributed by atoms with Crippen LogP contribution in [0.4, 0.5) is 0 Å². The Morgan fingerprint density at radius 1 is 1.04 bits per heavy atom. The van der Waals surface area contributed by atoms with Gasteiger partial charge in [-0.1, -0.05) is 37.6 Å². The zero-order valence-corrected chi connectivity index (χ0v) is 15.8. The number of nitrogens with zero attached hydrogens (tertiary/aromatic N) is 3. The Morgan fingerprint density at radius 2 is 1.65 bits per heavy atom. The van der Waals surface area contributed by atoms with Crippen molar-refractivity contribution in [3.8, 4) is 11.5 Å². The van der Waals surface area contributed by atoms with E-state index in [2.05, 4.69) is 23.9 Å². The van der Waals surface area contributed by atoms with E-state index >= 15 is 0 Å². The molecule has 0 fully saturated rings. The molecule has 1 unspecified atom stereocenters. The van der Waals surface area contributed by atoms with Crippen molar-refractivity contribution in [2.75, 3.05) is 7.11 Å². The third kappa shape index (κ3) is 3.89. The van der Waals surface area contributed by atoms with E-state index in [1.807, 2.05) is 36.4 Å². The largest absolute Gasteiger partial charge is 0.457 e. The number of hydrogen-bond acceptors (Lipinski definition) is 4. The van der Waals surface area contributed by atoms with E-state index in [1.165, 1.54) is 6.33 Å². The molecule has 1 heterocycles. The number of halogens is 1. The van der Waals surface area contributed by atoms with Crippen molar-refractivity contribution >= 4 is 11.6 Å². The first-order valence-electron chi connectivity index (χ1n) is 8.45. The van der Waals surface area contributed by atoms with Gasteiger partial charge in [-0.05, 0) is 47.9 Å². The first-order valence-corrected chi connectivity index (χ1v) is 8.83. The van der Waals surface area contributed by atoms with Crippen LogP contribution in [0.1, 0.15) is 19.4 Å². The molecular formula is C20H22ClN3O2. The highest BCUT2D eigenvalue weighted by molar-refractivity contribution is 6.30. The predicted octanol–water partition coefficient (Wildman–Crippen LogP) is 4.92. The lowest BCUT2D eigenvalue weighted by Gasteiger charge is -2.36. The highest BCUT2D eigenvalue weighted by Gasteiger charge is 2.36. The summed E-state index contributed by atoms with van der Waals surface area (Å²) in [6, 6.07) is 15.2. The molecule has 26 heavy (non-hydrogen) atoms. The van der Waals surface area contributed by atoms with E-state index in [4.69, 9.17) is 21.1 Å². The third-order valence-corrected chi connectivity index (χ3v) is 4.80. The Bertz CT molecular complexity index is 817. The average Bonchev–Trinajstić information content (AvgIpc) is 3.15. The zero-order chi connectivity index (χ0) is 18.6. The van der Waals surface area contributed by atoms with E-state index in [1.54, 1.807) is 30.3 Å². The number of hydrogen-bond donors (Lipinski definition) is 0. The van der Waals surface area contributed by atoms with Crippen LogP contribution in [0.3, 0.4) is 0 Å². The molecule has 1 atom stereocenters. The lowest BCUT2D eigenvalue weighted by Crippen LogP contribution is -2.39. The maximum atomic E-state index is 5.99. The minimum Gasteiger partial charge on any atom is -0.457 e. The highest BCUT2D eigenvalue weighted by atomic mass is 35.5. The van der Waals surface area contributed by atoms with E-state index in [0.29, 0.717) is 11.6 Å². The maximum absolute atomic E-state index is 5.99. The van der Waals surface area contributed by atoms with Crippen LogP contribution in [0.15, 0.2) is 61.2 Å². The van der Waals surface area contributed by atoms with Crippen LogP contribution >= 0.6 is 11.6 Å². The average molecular weight is 372 g/mol. The Morgan fingerprint density at radius 3 is 2.15 bits per heavy atom. The van der Waals surface area contributed by atoms with Crippen LogP contribution in [-0.4, -0.2) is 21.9 Å². The lowest BCUT2D eigenvalue weighted by atomic mass is 9.83. The van der Waals surface area contributed by atoms with E-state index in [0.717, 1.165) is 17.1 Å². The van der Waals surface area contributed by atoms with Gasteiger partial charge in [0.15, 0.2) is 0 Å². The number of aromatic nitrogens is 3. The van der Waals surface area contributed by atoms with Crippen LogP contribution in [0, 0.1) is 5.92 Å². The minimum absolute atomic E-state index is 0.236. The van der Waals surface area contributed by atoms with Crippen LogP contribution in [0.25, 0.3) is 0 Å². The van der Waals surface area contributed by atoms with E-state index in [9.17, 15) is 0 Å². The molecule has 0 spiro atoms. The van der Waals surface area contributed by atoms with Crippen molar-refractivity contribution in [3.63, 3.8) is 0 Å². The number of methoxy groups -OCH3 is 1. The summed E-state index contributed by atoms with van der Waals surface area (Å²) in [5.74, 6) is 1.73. The van der Waals surface area contributed by atoms with Gasteiger partial charge in [-0.15, -0.1) is 0 Å². The highest BCUT2D eigenvalue weighted by Crippen LogP contribution is 2.36. The Balaban J connectivity index is 1.84. The van der Waals surface area contributed by atoms with Gasteiger partial charge in [0.25, 0.3) is 0 Å². The first-order chi connectivity index (χ1) is 12.5. The third-order valence-electron chi connectivity index (χ3n) is 4.55. The van der Waals surface area contributed by atoms with Crippen LogP contribution < -0.4 is 4.74 Å². The molecule has 0 amide bonds. The normalized spacial score (nSPS) is 13.6. The van der Waals surface area contributed by atoms with E-state index in [-0.39, 0.29) is 5.92 Å². The van der Waals surface area contributed by atoms with Crippen LogP contribution in [0.5, 0.6) is 11.5 Å². The molecule has 0 saturated carbocycles. The van der Waals surface area contributed by atoms with Gasteiger partial charge >= 0.3 is 0 Å². The summed E-state index contributed by atoms with van der Waals surface area (Å²) >= 11 is 5.91. The van der Waals surface area contributed by atoms with Gasteiger partial charge in [-0.3, -0.25) is 0 Å². The van der Waals surface area contributed by atoms with Gasteiger partial charge in [0.05, 0.1) is 6.54 Å². The molecule has 2 aromatic carbocycles. The summed E-state index contributed by atoms with van der Waals surface area (Å²) in [4.78, 5) is 4.03. The van der Waals surface area contributed by atoms with E-state index < -0.39 is 5.60 Å². The van der Waals surface area contributed by atoms with Gasteiger partial charge in [-0.2, -0.15) is 5.10 Å². The van der Waals surface area contributed by atoms with Crippen molar-refractivity contribution in [3.05, 3.63) is 71.8 Å². The molecule has 1 aromatic heterocycles. The smallest absolute Gasteiger partial charge is 0.137 e. The molecule has 5 nitrogen and oxygen atoms in total. The van der Waals surface area contributed by atoms with Crippen molar-refractivity contribution < 1.29 is 9.47 Å². The minimum atomic E-state index is -0.507. The molecule has 3 aromatic rings. The molecule has 6 heteroatoms. The molecule has 0 radical (unpaired) electrons. The summed E-state index contributed by atoms with van der Waals surface area (Å²) in [6.45, 7) is 4.86. The predicted molar refractivity (Wildman–Crippen MR) is 102 cm³/mol. The topological polar surface area (TPSA) is 49.2 Å². The standard InChI is InChI=1S/C20H22ClN3O2/c1-15(2)20(25-3,12-24-14-22-13-23-24)16-4-8-18(9-5-16)26-19-10-6-17(21)7-11-19/h4-11,13-15H,12H2,1-3H3. The van der Waals surface area contributed by atoms with Crippen LogP contribution in [-0.2, 0) is 16.9 Å². The molecular weight excluding hydrogens is 350 g/mol. The van der Waals surface area contributed by atoms with Crippen molar-refractivity contribution in [1.82, 2.24) is 14.8 Å². The second kappa shape index (κ2) is 7.89. The van der Waals surface area contributed by atoms with Gasteiger partial charge in [0.1, 0.15) is 29.8 Å². The fraction of sp³-hybridized carbons (Fsp3) is 0.300. The lowest BCUT2D eigenvalue weighted by molar-refractivity contribution is -0.0695. The van der Waals surface area contributed by atoms with Crippen molar-refractivity contribution in [2.24, 2.45) is 5.92 Å². The summed E-state index contributed by atoms with van der Waals surface area (Å²) < 4.78 is 13.7. The van der Waals surface area contributed by atoms with Gasteiger partial charge in [-0.25, -0.2) is 9.67 Å². The number of rotatable bonds is 7. The number of ether oxygens (including phenoxy) is 2. The summed E-state index contributed by atoms with van der Waals surface area (Å²) in [7, 11) is 1.73. The Kier molecular flexibility index (Phi) is 5.59. The zero-order valence-electron chi connectivity index (χ0n) is 15.1. The maximum Gasteiger partial charge on any atom is 0.137 e. The summed E-state index contributed by atoms with van der Waals surface area (Å²) in [5, 5.41) is 4.91. The number of benzene rings is 2. The molecule has 0 saturated heterocycles. The fourth-order valence-electron chi connectivity index (χ4n) is 3.02. The van der Waals surface area contributed by atoms with Crippen LogP contribution in [0.2, 0.25) is 5.02 Å². The Hall–Kier alpha value is -2.37. The quantitative estimate of drug-likeness (QED) is 0.591. The fourth-order valence-corrected chi connectivity index (χ4v) is 3.15. The molecule has 0 aliphatic rings. The summed E-state index contributed by atoms with van der Waals surface area (Å²) in [5.41, 5.74) is 0.556. The first kappa shape index (κ1) is 18.4. The van der Waals surface area contributed by atoms with Gasteiger partial charge in [0.2, 0.25) is 0 Å². The molecule has 0 aliphatic carbocycles. The second-order valence-corrected chi connectivity index (χ2v) is 6.86.